The van der Waals surface area contributed by atoms with Gasteiger partial charge in [-0.15, -0.1) is 0 Å². The summed E-state index contributed by atoms with van der Waals surface area (Å²) in [5.41, 5.74) is 0. The Morgan fingerprint density at radius 2 is 1.86 bits per heavy atom. The van der Waals surface area contributed by atoms with Crippen LogP contribution in [0.1, 0.15) is 26.2 Å². The van der Waals surface area contributed by atoms with Gasteiger partial charge in [-0.25, -0.2) is 4.79 Å². The number of ether oxygens (including phenoxy) is 1. The third kappa shape index (κ3) is 11.4. The van der Waals surface area contributed by atoms with Crippen molar-refractivity contribution in [1.82, 2.24) is 0 Å². The predicted molar refractivity (Wildman–Crippen MR) is 84.3 cm³/mol. The highest BCUT2D eigenvalue weighted by Gasteiger charge is 2.16. The van der Waals surface area contributed by atoms with Gasteiger partial charge in [0.05, 0.1) is 34.9 Å². The second kappa shape index (κ2) is 10.5. The number of esters is 1. The second-order valence-electron chi connectivity index (χ2n) is 6.05. The summed E-state index contributed by atoms with van der Waals surface area (Å²) in [6.45, 7) is 2.78. The van der Waals surface area contributed by atoms with Crippen LogP contribution in [-0.4, -0.2) is 62.2 Å². The molecule has 0 rings (SSSR count). The number of carboxylic acids is 1. The Morgan fingerprint density at radius 1 is 1.23 bits per heavy atom. The SMILES string of the molecule is CCCC/C(COC(=O)/C=C/C(=O)[O-])=[P+](\[O-])CC[N+](C)(C)C. The molecule has 0 aliphatic carbocycles. The van der Waals surface area contributed by atoms with Crippen molar-refractivity contribution in [2.24, 2.45) is 0 Å². The van der Waals surface area contributed by atoms with Crippen LogP contribution in [-0.2, 0) is 14.3 Å². The van der Waals surface area contributed by atoms with E-state index < -0.39 is 19.7 Å². The van der Waals surface area contributed by atoms with Crippen LogP contribution in [0.4, 0.5) is 0 Å². The monoisotopic (exact) mass is 331 g/mol. The smallest absolute Gasteiger partial charge is 0.331 e. The lowest BCUT2D eigenvalue weighted by atomic mass is 10.2. The summed E-state index contributed by atoms with van der Waals surface area (Å²) in [5.74, 6) is -2.23. The first-order valence-electron chi connectivity index (χ1n) is 7.31. The maximum absolute atomic E-state index is 12.4. The number of hydrogen-bond donors (Lipinski definition) is 0. The normalized spacial score (nSPS) is 13.1. The van der Waals surface area contributed by atoms with Crippen molar-refractivity contribution in [2.45, 2.75) is 26.2 Å². The third-order valence-electron chi connectivity index (χ3n) is 2.88. The molecule has 1 unspecified atom stereocenters. The van der Waals surface area contributed by atoms with Crippen molar-refractivity contribution in [3.05, 3.63) is 12.2 Å². The lowest BCUT2D eigenvalue weighted by molar-refractivity contribution is -0.867. The molecule has 22 heavy (non-hydrogen) atoms. The molecule has 0 amide bonds. The van der Waals surface area contributed by atoms with Crippen molar-refractivity contribution in [3.63, 3.8) is 0 Å². The summed E-state index contributed by atoms with van der Waals surface area (Å²) in [4.78, 5) is 33.9. The van der Waals surface area contributed by atoms with E-state index in [1.165, 1.54) is 0 Å². The molecule has 0 aromatic carbocycles. The largest absolute Gasteiger partial charge is 0.630 e. The summed E-state index contributed by atoms with van der Waals surface area (Å²) in [7, 11) is 4.53. The topological polar surface area (TPSA) is 89.5 Å². The van der Waals surface area contributed by atoms with Crippen molar-refractivity contribution in [3.8, 4) is 0 Å². The van der Waals surface area contributed by atoms with Crippen molar-refractivity contribution in [1.29, 1.82) is 0 Å². The fourth-order valence-corrected chi connectivity index (χ4v) is 3.25. The van der Waals surface area contributed by atoms with Crippen LogP contribution in [0.15, 0.2) is 12.2 Å². The maximum Gasteiger partial charge on any atom is 0.331 e. The van der Waals surface area contributed by atoms with Gasteiger partial charge < -0.3 is 24.0 Å². The molecule has 0 heterocycles. The van der Waals surface area contributed by atoms with Gasteiger partial charge >= 0.3 is 5.97 Å². The average molecular weight is 331 g/mol. The molecule has 0 aromatic rings. The van der Waals surface area contributed by atoms with E-state index in [4.69, 9.17) is 4.74 Å². The van der Waals surface area contributed by atoms with Crippen molar-refractivity contribution in [2.75, 3.05) is 40.5 Å². The lowest BCUT2D eigenvalue weighted by Crippen LogP contribution is -2.37. The van der Waals surface area contributed by atoms with Gasteiger partial charge in [0.15, 0.2) is 12.8 Å². The van der Waals surface area contributed by atoms with Gasteiger partial charge in [-0.05, 0) is 12.5 Å². The van der Waals surface area contributed by atoms with Gasteiger partial charge in [0.1, 0.15) is 11.8 Å². The molecule has 0 aromatic heterocycles. The first-order chi connectivity index (χ1) is 10.2. The standard InChI is InChI=1S/C15H26NO5P/c1-5-6-7-13(22(20)11-10-16(2,3)4)12-21-15(19)9-8-14(17)18/h8-9H,5-7,10-12H2,1-4H3/b9-8+. The highest BCUT2D eigenvalue weighted by molar-refractivity contribution is 7.51. The number of nitrogens with zero attached hydrogens (tertiary/aromatic N) is 1. The lowest BCUT2D eigenvalue weighted by Gasteiger charge is -2.22. The molecule has 0 aliphatic heterocycles. The Hall–Kier alpha value is -1.23. The first kappa shape index (κ1) is 20.8. The van der Waals surface area contributed by atoms with Gasteiger partial charge in [0.25, 0.3) is 0 Å². The molecule has 0 fully saturated rings. The molecule has 0 aliphatic rings. The van der Waals surface area contributed by atoms with E-state index in [2.05, 4.69) is 0 Å². The Morgan fingerprint density at radius 3 is 2.36 bits per heavy atom. The van der Waals surface area contributed by atoms with Gasteiger partial charge in [0.2, 0.25) is 0 Å². The summed E-state index contributed by atoms with van der Waals surface area (Å²) >= 11 is 0. The molecular formula is C15H26NO5P. The molecule has 0 saturated heterocycles. The number of unbranched alkanes of at least 4 members (excludes halogenated alkanes) is 1. The molecular weight excluding hydrogens is 305 g/mol. The highest BCUT2D eigenvalue weighted by Crippen LogP contribution is 2.18. The third-order valence-corrected chi connectivity index (χ3v) is 4.55. The summed E-state index contributed by atoms with van der Waals surface area (Å²) < 4.78 is 5.68. The van der Waals surface area contributed by atoms with Crippen LogP contribution in [0.25, 0.3) is 0 Å². The average Bonchev–Trinajstić information content (AvgIpc) is 2.41. The van der Waals surface area contributed by atoms with Crippen LogP contribution in [0, 0.1) is 0 Å². The van der Waals surface area contributed by atoms with E-state index in [0.29, 0.717) is 18.7 Å². The predicted octanol–water partition coefficient (Wildman–Crippen LogP) is -0.338. The minimum absolute atomic E-state index is 0.0252. The van der Waals surface area contributed by atoms with Crippen LogP contribution >= 0.6 is 7.77 Å². The Kier molecular flexibility index (Phi) is 9.90. The van der Waals surface area contributed by atoms with Crippen molar-refractivity contribution >= 4 is 25.0 Å². The van der Waals surface area contributed by atoms with Crippen LogP contribution in [0.5, 0.6) is 0 Å². The molecule has 0 bridgehead atoms. The number of quaternary nitrogens is 1. The van der Waals surface area contributed by atoms with Gasteiger partial charge in [-0.3, -0.25) is 0 Å². The number of carbonyl (C=O) groups excluding carboxylic acids is 2. The van der Waals surface area contributed by atoms with Crippen LogP contribution < -0.4 is 10.00 Å². The molecule has 0 radical (unpaired) electrons. The number of aliphatic carboxylic acids is 1. The zero-order chi connectivity index (χ0) is 17.2. The number of hydrogen-bond acceptors (Lipinski definition) is 5. The molecule has 6 nitrogen and oxygen atoms in total. The van der Waals surface area contributed by atoms with E-state index in [1.54, 1.807) is 0 Å². The molecule has 0 spiro atoms. The Bertz CT molecular complexity index is 438. The quantitative estimate of drug-likeness (QED) is 0.236. The minimum Gasteiger partial charge on any atom is -0.630 e. The van der Waals surface area contributed by atoms with Crippen LogP contribution in [0.3, 0.4) is 0 Å². The summed E-state index contributed by atoms with van der Waals surface area (Å²) in [5, 5.41) is 10.9. The van der Waals surface area contributed by atoms with E-state index >= 15 is 0 Å². The molecule has 126 valence electrons. The van der Waals surface area contributed by atoms with E-state index in [0.717, 1.165) is 35.2 Å². The minimum atomic E-state index is -1.55. The Labute approximate surface area is 133 Å². The van der Waals surface area contributed by atoms with Crippen molar-refractivity contribution < 1.29 is 28.8 Å². The van der Waals surface area contributed by atoms with Gasteiger partial charge in [-0.2, -0.15) is 0 Å². The number of carboxylic acid groups (broad SMARTS) is 1. The van der Waals surface area contributed by atoms with Gasteiger partial charge in [0, 0.05) is 12.5 Å². The summed E-state index contributed by atoms with van der Waals surface area (Å²) in [6.07, 6.45) is 4.45. The molecule has 0 saturated carbocycles. The zero-order valence-electron chi connectivity index (χ0n) is 13.8. The number of rotatable bonds is 10. The molecule has 1 atom stereocenters. The first-order valence-corrected chi connectivity index (χ1v) is 8.76. The number of carbonyl (C=O) groups is 2. The fraction of sp³-hybridized carbons (Fsp3) is 0.667. The molecule has 0 N–H and O–H groups in total. The van der Waals surface area contributed by atoms with E-state index in [1.807, 2.05) is 28.1 Å². The Balaban J connectivity index is 4.68. The van der Waals surface area contributed by atoms with Gasteiger partial charge in [-0.1, -0.05) is 13.3 Å². The maximum atomic E-state index is 12.4. The second-order valence-corrected chi connectivity index (χ2v) is 7.88. The summed E-state index contributed by atoms with van der Waals surface area (Å²) in [6, 6.07) is 0. The van der Waals surface area contributed by atoms with E-state index in [-0.39, 0.29) is 6.61 Å². The molecule has 7 heteroatoms. The van der Waals surface area contributed by atoms with Crippen LogP contribution in [0.2, 0.25) is 0 Å². The fourth-order valence-electron chi connectivity index (χ4n) is 1.54. The zero-order valence-corrected chi connectivity index (χ0v) is 14.7. The van der Waals surface area contributed by atoms with E-state index in [9.17, 15) is 19.6 Å². The highest BCUT2D eigenvalue weighted by atomic mass is 31.1.